The average molecular weight is 237 g/mol. The Labute approximate surface area is 104 Å². The zero-order chi connectivity index (χ0) is 12.3. The van der Waals surface area contributed by atoms with Gasteiger partial charge in [0.2, 0.25) is 0 Å². The van der Waals surface area contributed by atoms with Crippen LogP contribution in [-0.4, -0.2) is 20.2 Å². The Bertz CT molecular complexity index is 273. The Morgan fingerprint density at radius 1 is 1.24 bits per heavy atom. The number of unbranched alkanes of at least 4 members (excludes halogenated alkanes) is 2. The van der Waals surface area contributed by atoms with Crippen molar-refractivity contribution >= 4 is 0 Å². The van der Waals surface area contributed by atoms with Gasteiger partial charge in [0.1, 0.15) is 0 Å². The smallest absolute Gasteiger partial charge is 0.168 e. The third-order valence-electron chi connectivity index (χ3n) is 2.61. The number of hydrogen-bond acceptors (Lipinski definition) is 3. The standard InChI is InChI=1S/C8H8O2.C6H15N/c1-2-4-8-7(3-1)5-6-9-10-8;1-3-4-5-6-7-2/h1-4H,5-6H2;7H,3-6H2,1-2H3. The van der Waals surface area contributed by atoms with Crippen LogP contribution in [0.25, 0.3) is 0 Å². The fourth-order valence-electron chi connectivity index (χ4n) is 1.60. The molecule has 17 heavy (non-hydrogen) atoms. The maximum absolute atomic E-state index is 4.92. The van der Waals surface area contributed by atoms with Gasteiger partial charge in [0.25, 0.3) is 0 Å². The molecule has 0 spiro atoms. The molecule has 96 valence electrons. The molecule has 0 unspecified atom stereocenters. The average Bonchev–Trinajstić information content (AvgIpc) is 2.40. The predicted octanol–water partition coefficient (Wildman–Crippen LogP) is 2.95. The summed E-state index contributed by atoms with van der Waals surface area (Å²) in [6, 6.07) is 7.91. The molecule has 1 N–H and O–H groups in total. The Kier molecular flexibility index (Phi) is 7.43. The summed E-state index contributed by atoms with van der Waals surface area (Å²) in [5, 5.41) is 3.10. The maximum atomic E-state index is 4.92. The molecule has 0 saturated heterocycles. The van der Waals surface area contributed by atoms with Gasteiger partial charge in [0.15, 0.2) is 5.75 Å². The van der Waals surface area contributed by atoms with E-state index in [0.717, 1.165) is 12.2 Å². The molecular weight excluding hydrogens is 214 g/mol. The van der Waals surface area contributed by atoms with E-state index in [1.54, 1.807) is 0 Å². The highest BCUT2D eigenvalue weighted by Crippen LogP contribution is 2.21. The van der Waals surface area contributed by atoms with E-state index in [2.05, 4.69) is 18.3 Å². The van der Waals surface area contributed by atoms with Gasteiger partial charge in [0.05, 0.1) is 6.61 Å². The Morgan fingerprint density at radius 3 is 2.76 bits per heavy atom. The van der Waals surface area contributed by atoms with Crippen molar-refractivity contribution in [3.63, 3.8) is 0 Å². The van der Waals surface area contributed by atoms with Crippen molar-refractivity contribution in [2.45, 2.75) is 32.6 Å². The number of fused-ring (bicyclic) bond motifs is 1. The SMILES string of the molecule is CCCCCNC.c1ccc2c(c1)CCOO2. The lowest BCUT2D eigenvalue weighted by molar-refractivity contribution is -0.215. The third kappa shape index (κ3) is 5.71. The summed E-state index contributed by atoms with van der Waals surface area (Å²) in [5.74, 6) is 0.855. The van der Waals surface area contributed by atoms with Crippen molar-refractivity contribution in [2.24, 2.45) is 0 Å². The van der Waals surface area contributed by atoms with Gasteiger partial charge in [-0.25, -0.2) is 0 Å². The first-order valence-electron chi connectivity index (χ1n) is 6.40. The molecular formula is C14H23NO2. The molecule has 0 aliphatic carbocycles. The first-order chi connectivity index (χ1) is 8.38. The Morgan fingerprint density at radius 2 is 2.06 bits per heavy atom. The van der Waals surface area contributed by atoms with E-state index in [4.69, 9.17) is 9.78 Å². The summed E-state index contributed by atoms with van der Waals surface area (Å²) < 4.78 is 0. The van der Waals surface area contributed by atoms with E-state index in [9.17, 15) is 0 Å². The van der Waals surface area contributed by atoms with E-state index in [1.807, 2.05) is 25.2 Å². The molecule has 0 saturated carbocycles. The first kappa shape index (κ1) is 14.0. The van der Waals surface area contributed by atoms with Crippen LogP contribution >= 0.6 is 0 Å². The molecule has 0 radical (unpaired) electrons. The summed E-state index contributed by atoms with van der Waals surface area (Å²) in [6.07, 6.45) is 4.96. The molecule has 1 heterocycles. The summed E-state index contributed by atoms with van der Waals surface area (Å²) in [4.78, 5) is 9.72. The van der Waals surface area contributed by atoms with E-state index in [0.29, 0.717) is 6.61 Å². The number of nitrogens with one attached hydrogen (secondary N) is 1. The number of hydrogen-bond donors (Lipinski definition) is 1. The zero-order valence-electron chi connectivity index (χ0n) is 10.9. The number of benzene rings is 1. The van der Waals surface area contributed by atoms with Crippen LogP contribution in [0.4, 0.5) is 0 Å². The highest BCUT2D eigenvalue weighted by molar-refractivity contribution is 5.33. The quantitative estimate of drug-likeness (QED) is 0.645. The van der Waals surface area contributed by atoms with Crippen molar-refractivity contribution in [2.75, 3.05) is 20.2 Å². The van der Waals surface area contributed by atoms with Gasteiger partial charge >= 0.3 is 0 Å². The van der Waals surface area contributed by atoms with Crippen molar-refractivity contribution in [1.82, 2.24) is 5.32 Å². The van der Waals surface area contributed by atoms with E-state index >= 15 is 0 Å². The molecule has 1 aromatic rings. The van der Waals surface area contributed by atoms with Crippen LogP contribution in [0, 0.1) is 0 Å². The monoisotopic (exact) mass is 237 g/mol. The van der Waals surface area contributed by atoms with Crippen LogP contribution in [0.15, 0.2) is 24.3 Å². The summed E-state index contributed by atoms with van der Waals surface area (Å²) in [6.45, 7) is 4.06. The molecule has 1 aliphatic rings. The minimum Gasteiger partial charge on any atom is -0.337 e. The van der Waals surface area contributed by atoms with Gasteiger partial charge in [-0.3, -0.25) is 0 Å². The summed E-state index contributed by atoms with van der Waals surface area (Å²) >= 11 is 0. The predicted molar refractivity (Wildman–Crippen MR) is 70.2 cm³/mol. The Balaban J connectivity index is 0.000000185. The van der Waals surface area contributed by atoms with Gasteiger partial charge in [-0.05, 0) is 26.1 Å². The molecule has 0 atom stereocenters. The van der Waals surface area contributed by atoms with Crippen molar-refractivity contribution < 1.29 is 9.78 Å². The minimum absolute atomic E-state index is 0.664. The van der Waals surface area contributed by atoms with Gasteiger partial charge in [-0.15, -0.1) is 0 Å². The van der Waals surface area contributed by atoms with Gasteiger partial charge in [0, 0.05) is 12.0 Å². The molecule has 0 amide bonds. The molecule has 1 aliphatic heterocycles. The molecule has 1 aromatic carbocycles. The lowest BCUT2D eigenvalue weighted by Crippen LogP contribution is -2.10. The second-order valence-corrected chi connectivity index (χ2v) is 4.07. The van der Waals surface area contributed by atoms with Crippen LogP contribution in [0.2, 0.25) is 0 Å². The molecule has 0 bridgehead atoms. The summed E-state index contributed by atoms with van der Waals surface area (Å²) in [7, 11) is 2.00. The fourth-order valence-corrected chi connectivity index (χ4v) is 1.60. The minimum atomic E-state index is 0.664. The van der Waals surface area contributed by atoms with Crippen LogP contribution in [0.1, 0.15) is 31.7 Å². The second kappa shape index (κ2) is 9.02. The van der Waals surface area contributed by atoms with E-state index in [-0.39, 0.29) is 0 Å². The zero-order valence-corrected chi connectivity index (χ0v) is 10.9. The highest BCUT2D eigenvalue weighted by atomic mass is 17.2. The molecule has 2 rings (SSSR count). The van der Waals surface area contributed by atoms with Crippen LogP contribution in [0.3, 0.4) is 0 Å². The fraction of sp³-hybridized carbons (Fsp3) is 0.571. The summed E-state index contributed by atoms with van der Waals surface area (Å²) in [5.41, 5.74) is 1.23. The van der Waals surface area contributed by atoms with Crippen molar-refractivity contribution in [1.29, 1.82) is 0 Å². The molecule has 3 heteroatoms. The van der Waals surface area contributed by atoms with Crippen LogP contribution in [-0.2, 0) is 11.3 Å². The van der Waals surface area contributed by atoms with Crippen molar-refractivity contribution in [3.8, 4) is 5.75 Å². The number of para-hydroxylation sites is 1. The van der Waals surface area contributed by atoms with E-state index < -0.39 is 0 Å². The first-order valence-corrected chi connectivity index (χ1v) is 6.40. The van der Waals surface area contributed by atoms with Crippen molar-refractivity contribution in [3.05, 3.63) is 29.8 Å². The van der Waals surface area contributed by atoms with Crippen LogP contribution < -0.4 is 10.2 Å². The van der Waals surface area contributed by atoms with Gasteiger partial charge < -0.3 is 10.2 Å². The highest BCUT2D eigenvalue weighted by Gasteiger charge is 2.08. The normalized spacial score (nSPS) is 13.1. The third-order valence-corrected chi connectivity index (χ3v) is 2.61. The largest absolute Gasteiger partial charge is 0.337 e. The maximum Gasteiger partial charge on any atom is 0.168 e. The van der Waals surface area contributed by atoms with Gasteiger partial charge in [-0.1, -0.05) is 38.0 Å². The number of rotatable bonds is 4. The molecule has 0 aromatic heterocycles. The lowest BCUT2D eigenvalue weighted by atomic mass is 10.1. The molecule has 0 fully saturated rings. The second-order valence-electron chi connectivity index (χ2n) is 4.07. The van der Waals surface area contributed by atoms with Gasteiger partial charge in [-0.2, -0.15) is 4.89 Å². The molecule has 3 nitrogen and oxygen atoms in total. The Hall–Kier alpha value is -1.06. The lowest BCUT2D eigenvalue weighted by Gasteiger charge is -2.14. The topological polar surface area (TPSA) is 30.5 Å². The van der Waals surface area contributed by atoms with E-state index in [1.165, 1.54) is 31.4 Å². The van der Waals surface area contributed by atoms with Crippen LogP contribution in [0.5, 0.6) is 5.75 Å².